The summed E-state index contributed by atoms with van der Waals surface area (Å²) in [5.74, 6) is 0.586. The fourth-order valence-electron chi connectivity index (χ4n) is 3.91. The molecule has 1 fully saturated rings. The number of rotatable bonds is 5. The molecule has 1 aromatic carbocycles. The number of hydrogen-bond acceptors (Lipinski definition) is 4. The maximum absolute atomic E-state index is 12.8. The molecule has 5 nitrogen and oxygen atoms in total. The Balaban J connectivity index is 1.78. The number of fused-ring (bicyclic) bond motifs is 1. The molecule has 132 valence electrons. The van der Waals surface area contributed by atoms with Gasteiger partial charge in [-0.3, -0.25) is 4.79 Å². The van der Waals surface area contributed by atoms with Crippen molar-refractivity contribution in [1.82, 2.24) is 10.2 Å². The quantitative estimate of drug-likeness (QED) is 0.858. The molecular formula is C19H28N2O3. The van der Waals surface area contributed by atoms with Crippen LogP contribution in [0.5, 0.6) is 0 Å². The highest BCUT2D eigenvalue weighted by Crippen LogP contribution is 2.39. The maximum atomic E-state index is 12.8. The number of nitrogens with one attached hydrogen (secondary N) is 1. The number of aliphatic hydroxyl groups is 1. The van der Waals surface area contributed by atoms with Crippen LogP contribution < -0.4 is 5.32 Å². The van der Waals surface area contributed by atoms with E-state index in [1.165, 1.54) is 11.1 Å². The molecule has 5 heteroatoms. The van der Waals surface area contributed by atoms with E-state index in [0.717, 1.165) is 39.0 Å². The van der Waals surface area contributed by atoms with Crippen LogP contribution >= 0.6 is 0 Å². The van der Waals surface area contributed by atoms with Gasteiger partial charge in [0.1, 0.15) is 0 Å². The summed E-state index contributed by atoms with van der Waals surface area (Å²) in [5, 5.41) is 12.4. The zero-order chi connectivity index (χ0) is 16.9. The zero-order valence-corrected chi connectivity index (χ0v) is 14.4. The highest BCUT2D eigenvalue weighted by atomic mass is 16.5. The predicted octanol–water partition coefficient (Wildman–Crippen LogP) is 1.51. The molecule has 0 saturated carbocycles. The molecule has 2 aliphatic rings. The highest BCUT2D eigenvalue weighted by molar-refractivity contribution is 5.79. The minimum atomic E-state index is -0.439. The molecule has 1 amide bonds. The summed E-state index contributed by atoms with van der Waals surface area (Å²) in [5.41, 5.74) is 2.68. The number of benzene rings is 1. The van der Waals surface area contributed by atoms with Crippen molar-refractivity contribution < 1.29 is 14.6 Å². The van der Waals surface area contributed by atoms with Crippen molar-refractivity contribution in [1.29, 1.82) is 0 Å². The number of ether oxygens (including phenoxy) is 1. The minimum absolute atomic E-state index is 0.127. The van der Waals surface area contributed by atoms with Crippen molar-refractivity contribution in [2.24, 2.45) is 5.92 Å². The van der Waals surface area contributed by atoms with Crippen LogP contribution in [0.4, 0.5) is 0 Å². The maximum Gasteiger partial charge on any atom is 0.237 e. The van der Waals surface area contributed by atoms with Crippen molar-refractivity contribution in [2.75, 3.05) is 32.8 Å². The van der Waals surface area contributed by atoms with Gasteiger partial charge in [0.25, 0.3) is 0 Å². The van der Waals surface area contributed by atoms with E-state index in [4.69, 9.17) is 4.74 Å². The first-order chi connectivity index (χ1) is 11.7. The summed E-state index contributed by atoms with van der Waals surface area (Å²) in [6.07, 6.45) is 2.48. The normalized spacial score (nSPS) is 22.9. The standard InChI is InChI=1S/C19H28N2O3/c1-14(22)12-20-13-18(23)21-9-6-15-4-2-3-5-17(15)19(21)16-7-10-24-11-8-16/h2-5,14,16,19-20,22H,6-13H2,1H3. The molecule has 0 aromatic heterocycles. The van der Waals surface area contributed by atoms with Gasteiger partial charge in [0.2, 0.25) is 5.91 Å². The Morgan fingerprint density at radius 1 is 1.38 bits per heavy atom. The summed E-state index contributed by atoms with van der Waals surface area (Å²) < 4.78 is 5.52. The van der Waals surface area contributed by atoms with Gasteiger partial charge in [-0.25, -0.2) is 0 Å². The Kier molecular flexibility index (Phi) is 5.87. The van der Waals surface area contributed by atoms with E-state index in [1.807, 2.05) is 4.90 Å². The SMILES string of the molecule is CC(O)CNCC(=O)N1CCc2ccccc2C1C1CCOCC1. The molecule has 2 N–H and O–H groups in total. The number of carbonyl (C=O) groups excluding carboxylic acids is 1. The second kappa shape index (κ2) is 8.10. The number of amides is 1. The predicted molar refractivity (Wildman–Crippen MR) is 92.7 cm³/mol. The Hall–Kier alpha value is -1.43. The first kappa shape index (κ1) is 17.4. The van der Waals surface area contributed by atoms with E-state index in [1.54, 1.807) is 6.92 Å². The van der Waals surface area contributed by atoms with Gasteiger partial charge in [-0.2, -0.15) is 0 Å². The average molecular weight is 332 g/mol. The van der Waals surface area contributed by atoms with E-state index in [9.17, 15) is 9.90 Å². The highest BCUT2D eigenvalue weighted by Gasteiger charge is 2.36. The summed E-state index contributed by atoms with van der Waals surface area (Å²) >= 11 is 0. The fraction of sp³-hybridized carbons (Fsp3) is 0.632. The summed E-state index contributed by atoms with van der Waals surface area (Å²) in [4.78, 5) is 14.8. The van der Waals surface area contributed by atoms with Gasteiger partial charge in [-0.1, -0.05) is 24.3 Å². The van der Waals surface area contributed by atoms with Crippen LogP contribution in [0.25, 0.3) is 0 Å². The van der Waals surface area contributed by atoms with Gasteiger partial charge in [0.05, 0.1) is 18.7 Å². The molecule has 2 aliphatic heterocycles. The van der Waals surface area contributed by atoms with Crippen molar-refractivity contribution in [3.8, 4) is 0 Å². The van der Waals surface area contributed by atoms with Crippen LogP contribution in [0.15, 0.2) is 24.3 Å². The lowest BCUT2D eigenvalue weighted by molar-refractivity contribution is -0.135. The third kappa shape index (κ3) is 3.97. The molecule has 0 aliphatic carbocycles. The number of nitrogens with zero attached hydrogens (tertiary/aromatic N) is 1. The van der Waals surface area contributed by atoms with Gasteiger partial charge in [-0.05, 0) is 43.2 Å². The Labute approximate surface area is 144 Å². The van der Waals surface area contributed by atoms with E-state index < -0.39 is 6.10 Å². The van der Waals surface area contributed by atoms with E-state index in [0.29, 0.717) is 12.5 Å². The number of aliphatic hydroxyl groups excluding tert-OH is 1. The molecule has 2 heterocycles. The lowest BCUT2D eigenvalue weighted by Gasteiger charge is -2.43. The average Bonchev–Trinajstić information content (AvgIpc) is 2.61. The number of carbonyl (C=O) groups is 1. The van der Waals surface area contributed by atoms with E-state index in [2.05, 4.69) is 29.6 Å². The largest absolute Gasteiger partial charge is 0.392 e. The molecular weight excluding hydrogens is 304 g/mol. The van der Waals surface area contributed by atoms with Gasteiger partial charge >= 0.3 is 0 Å². The molecule has 24 heavy (non-hydrogen) atoms. The molecule has 1 aromatic rings. The second-order valence-electron chi connectivity index (χ2n) is 6.91. The van der Waals surface area contributed by atoms with Gasteiger partial charge in [0, 0.05) is 26.3 Å². The summed E-state index contributed by atoms with van der Waals surface area (Å²) in [6, 6.07) is 8.68. The van der Waals surface area contributed by atoms with Crippen molar-refractivity contribution in [3.05, 3.63) is 35.4 Å². The molecule has 0 spiro atoms. The molecule has 0 bridgehead atoms. The van der Waals surface area contributed by atoms with Crippen LogP contribution in [0.3, 0.4) is 0 Å². The minimum Gasteiger partial charge on any atom is -0.392 e. The van der Waals surface area contributed by atoms with Gasteiger partial charge < -0.3 is 20.1 Å². The first-order valence-electron chi connectivity index (χ1n) is 9.00. The summed E-state index contributed by atoms with van der Waals surface area (Å²) in [7, 11) is 0. The Morgan fingerprint density at radius 2 is 2.12 bits per heavy atom. The Morgan fingerprint density at radius 3 is 2.88 bits per heavy atom. The van der Waals surface area contributed by atoms with E-state index >= 15 is 0 Å². The second-order valence-corrected chi connectivity index (χ2v) is 6.91. The van der Waals surface area contributed by atoms with Crippen LogP contribution in [0.2, 0.25) is 0 Å². The first-order valence-corrected chi connectivity index (χ1v) is 9.00. The molecule has 3 rings (SSSR count). The van der Waals surface area contributed by atoms with Gasteiger partial charge in [-0.15, -0.1) is 0 Å². The molecule has 1 saturated heterocycles. The number of hydrogen-bond donors (Lipinski definition) is 2. The van der Waals surface area contributed by atoms with Crippen LogP contribution in [-0.2, 0) is 16.0 Å². The van der Waals surface area contributed by atoms with Crippen LogP contribution in [0.1, 0.15) is 36.9 Å². The smallest absolute Gasteiger partial charge is 0.237 e. The van der Waals surface area contributed by atoms with Crippen LogP contribution in [-0.4, -0.2) is 54.9 Å². The van der Waals surface area contributed by atoms with E-state index in [-0.39, 0.29) is 18.5 Å². The molecule has 2 atom stereocenters. The zero-order valence-electron chi connectivity index (χ0n) is 14.4. The van der Waals surface area contributed by atoms with Crippen molar-refractivity contribution in [3.63, 3.8) is 0 Å². The third-order valence-electron chi connectivity index (χ3n) is 5.08. The molecule has 2 unspecified atom stereocenters. The fourth-order valence-corrected chi connectivity index (χ4v) is 3.91. The lowest BCUT2D eigenvalue weighted by Crippen LogP contribution is -2.47. The van der Waals surface area contributed by atoms with Crippen molar-refractivity contribution in [2.45, 2.75) is 38.3 Å². The monoisotopic (exact) mass is 332 g/mol. The third-order valence-corrected chi connectivity index (χ3v) is 5.08. The topological polar surface area (TPSA) is 61.8 Å². The lowest BCUT2D eigenvalue weighted by atomic mass is 9.81. The Bertz CT molecular complexity index is 555. The summed E-state index contributed by atoms with van der Waals surface area (Å²) in [6.45, 7) is 4.79. The van der Waals surface area contributed by atoms with Gasteiger partial charge in [0.15, 0.2) is 0 Å². The van der Waals surface area contributed by atoms with Crippen molar-refractivity contribution >= 4 is 5.91 Å². The molecule has 0 radical (unpaired) electrons. The van der Waals surface area contributed by atoms with Crippen LogP contribution in [0, 0.1) is 5.92 Å².